The van der Waals surface area contributed by atoms with E-state index in [1.807, 2.05) is 24.3 Å². The van der Waals surface area contributed by atoms with Gasteiger partial charge in [-0.15, -0.1) is 0 Å². The van der Waals surface area contributed by atoms with Gasteiger partial charge < -0.3 is 4.42 Å². The molecule has 0 aliphatic heterocycles. The van der Waals surface area contributed by atoms with E-state index in [1.54, 1.807) is 6.20 Å². The molecule has 2 nitrogen and oxygen atoms in total. The number of nitrogens with zero attached hydrogens (tertiary/aromatic N) is 1. The van der Waals surface area contributed by atoms with Gasteiger partial charge in [0.25, 0.3) is 0 Å². The fourth-order valence-corrected chi connectivity index (χ4v) is 5.75. The van der Waals surface area contributed by atoms with E-state index in [0.717, 1.165) is 49.9 Å². The molecule has 0 atom stereocenters. The van der Waals surface area contributed by atoms with E-state index in [1.165, 1.54) is 11.1 Å². The zero-order chi connectivity index (χ0) is 26.5. The Morgan fingerprint density at radius 3 is 1.95 bits per heavy atom. The van der Waals surface area contributed by atoms with E-state index >= 15 is 0 Å². The first kappa shape index (κ1) is 24.6. The van der Waals surface area contributed by atoms with E-state index in [2.05, 4.69) is 103 Å². The summed E-state index contributed by atoms with van der Waals surface area (Å²) in [5.74, 6) is 0. The third-order valence-electron chi connectivity index (χ3n) is 7.31. The van der Waals surface area contributed by atoms with E-state index in [4.69, 9.17) is 20.1 Å². The molecule has 0 spiro atoms. The first-order valence-corrected chi connectivity index (χ1v) is 15.4. The van der Waals surface area contributed by atoms with Gasteiger partial charge in [0.1, 0.15) is 11.2 Å². The van der Waals surface area contributed by atoms with Crippen molar-refractivity contribution < 1.29 is 4.42 Å². The van der Waals surface area contributed by atoms with Gasteiger partial charge in [-0.05, 0) is 69.8 Å². The molecule has 0 saturated carbocycles. The lowest BCUT2D eigenvalue weighted by molar-refractivity contribution is 0.671. The number of fused-ring (bicyclic) bond motifs is 3. The first-order valence-electron chi connectivity index (χ1n) is 12.6. The Morgan fingerprint density at radius 2 is 1.24 bits per heavy atom. The van der Waals surface area contributed by atoms with Gasteiger partial charge in [-0.2, -0.15) is 0 Å². The summed E-state index contributed by atoms with van der Waals surface area (Å²) < 4.78 is 5.74. The summed E-state index contributed by atoms with van der Waals surface area (Å²) in [6.45, 7) is 0. The third-order valence-corrected chi connectivity index (χ3v) is 9.57. The lowest BCUT2D eigenvalue weighted by atomic mass is 9.65. The molecular weight excluding hydrogens is 480 g/mol. The zero-order valence-electron chi connectivity index (χ0n) is 21.8. The van der Waals surface area contributed by atoms with Crippen LogP contribution in [0.25, 0.3) is 55.4 Å². The van der Waals surface area contributed by atoms with Gasteiger partial charge in [-0.3, -0.25) is 15.0 Å². The fourth-order valence-electron chi connectivity index (χ4n) is 4.92. The minimum Gasteiger partial charge on any atom is -0.455 e. The Morgan fingerprint density at radius 1 is 0.632 bits per heavy atom. The van der Waals surface area contributed by atoms with Crippen molar-refractivity contribution in [2.24, 2.45) is 0 Å². The number of aromatic nitrogens is 1. The van der Waals surface area contributed by atoms with E-state index in [9.17, 15) is 0 Å². The molecule has 0 amide bonds. The number of furan rings is 1. The Kier molecular flexibility index (Phi) is 6.00. The second-order valence-corrected chi connectivity index (χ2v) is 14.8. The molecule has 5 heteroatoms. The van der Waals surface area contributed by atoms with Gasteiger partial charge in [0.05, 0.1) is 21.4 Å². The van der Waals surface area contributed by atoms with Crippen LogP contribution in [-0.2, 0) is 4.55 Å². The van der Waals surface area contributed by atoms with Gasteiger partial charge >= 0.3 is 0 Å². The molecule has 182 valence electrons. The average Bonchev–Trinajstić information content (AvgIpc) is 3.32. The van der Waals surface area contributed by atoms with Crippen LogP contribution in [0.4, 0.5) is 0 Å². The third kappa shape index (κ3) is 4.16. The highest BCUT2D eigenvalue weighted by atomic mass is 32.3. The molecule has 0 saturated heterocycles. The minimum absolute atomic E-state index is 0.795. The second kappa shape index (κ2) is 9.25. The summed E-state index contributed by atoms with van der Waals surface area (Å²) in [4.78, 5) is 4.69. The van der Waals surface area contributed by atoms with E-state index < -0.39 is 14.6 Å². The number of rotatable bonds is 5. The van der Waals surface area contributed by atoms with E-state index in [0.29, 0.717) is 0 Å². The first-order chi connectivity index (χ1) is 18.2. The number of hydrogen-bond acceptors (Lipinski definition) is 2. The molecule has 38 heavy (non-hydrogen) atoms. The molecule has 6 aromatic rings. The van der Waals surface area contributed by atoms with Crippen molar-refractivity contribution in [3.05, 3.63) is 115 Å². The lowest BCUT2D eigenvalue weighted by Crippen LogP contribution is -2.32. The molecule has 6 rings (SSSR count). The van der Waals surface area contributed by atoms with Gasteiger partial charge in [0.2, 0.25) is 0 Å². The maximum Gasteiger partial charge on any atom is 0.144 e. The van der Waals surface area contributed by atoms with Crippen LogP contribution in [-0.4, -0.2) is 39.4 Å². The molecule has 0 bridgehead atoms. The highest BCUT2D eigenvalue weighted by molar-refractivity contribution is 8.34. The van der Waals surface area contributed by atoms with Crippen molar-refractivity contribution in [3.8, 4) is 33.5 Å². The van der Waals surface area contributed by atoms with Gasteiger partial charge in [0.15, 0.2) is 0 Å². The molecule has 4 aromatic carbocycles. The van der Waals surface area contributed by atoms with Crippen LogP contribution in [0.15, 0.2) is 114 Å². The molecule has 0 fully saturated rings. The standard InChI is InChI=1S/C33H27B2NOS/c1-38(2,3)33(34,35)25-18-19-36-30(21-25)29-17-9-16-28-27-15-8-14-26(31(27)37-32(28)29)24-13-7-12-23(20-24)22-10-5-4-6-11-22/h4-21H,1-3H3. The van der Waals surface area contributed by atoms with Crippen molar-refractivity contribution in [2.45, 2.75) is 4.55 Å². The molecule has 0 N–H and O–H groups in total. The predicted octanol–water partition coefficient (Wildman–Crippen LogP) is 8.12. The van der Waals surface area contributed by atoms with Crippen molar-refractivity contribution >= 4 is 47.7 Å². The topological polar surface area (TPSA) is 26.0 Å². The van der Waals surface area contributed by atoms with Gasteiger partial charge in [0, 0.05) is 28.1 Å². The summed E-state index contributed by atoms with van der Waals surface area (Å²) in [5.41, 5.74) is 8.79. The van der Waals surface area contributed by atoms with Crippen molar-refractivity contribution in [1.82, 2.24) is 4.98 Å². The van der Waals surface area contributed by atoms with Crippen LogP contribution in [0, 0.1) is 0 Å². The van der Waals surface area contributed by atoms with E-state index in [-0.39, 0.29) is 0 Å². The van der Waals surface area contributed by atoms with Gasteiger partial charge in [-0.25, -0.2) is 0 Å². The number of hydrogen-bond donors (Lipinski definition) is 0. The smallest absolute Gasteiger partial charge is 0.144 e. The number of benzene rings is 4. The quantitative estimate of drug-likeness (QED) is 0.220. The molecule has 4 radical (unpaired) electrons. The maximum atomic E-state index is 6.66. The van der Waals surface area contributed by atoms with Crippen LogP contribution in [0.1, 0.15) is 5.56 Å². The molecule has 0 aliphatic rings. The SMILES string of the molecule is [B]C([B])(c1ccnc(-c2cccc3c2oc2c(-c4cccc(-c5ccccc5)c4)cccc23)c1)S(C)(C)C. The molecule has 2 heterocycles. The van der Waals surface area contributed by atoms with Crippen LogP contribution in [0.2, 0.25) is 0 Å². The predicted molar refractivity (Wildman–Crippen MR) is 166 cm³/mol. The van der Waals surface area contributed by atoms with Gasteiger partial charge in [-0.1, -0.05) is 78.9 Å². The number of para-hydroxylation sites is 2. The van der Waals surface area contributed by atoms with Crippen LogP contribution >= 0.6 is 10.0 Å². The summed E-state index contributed by atoms with van der Waals surface area (Å²) in [6.07, 6.45) is 8.16. The summed E-state index contributed by atoms with van der Waals surface area (Å²) in [5, 5.41) is 2.13. The normalized spacial score (nSPS) is 12.7. The zero-order valence-corrected chi connectivity index (χ0v) is 22.6. The summed E-state index contributed by atoms with van der Waals surface area (Å²) >= 11 is 0. The van der Waals surface area contributed by atoms with Crippen LogP contribution in [0.5, 0.6) is 0 Å². The van der Waals surface area contributed by atoms with Crippen molar-refractivity contribution in [2.75, 3.05) is 18.8 Å². The average molecular weight is 507 g/mol. The number of pyridine rings is 1. The molecule has 0 aliphatic carbocycles. The maximum absolute atomic E-state index is 6.66. The molecule has 2 aromatic heterocycles. The Bertz CT molecular complexity index is 1780. The van der Waals surface area contributed by atoms with Crippen LogP contribution in [0.3, 0.4) is 0 Å². The van der Waals surface area contributed by atoms with Crippen molar-refractivity contribution in [1.29, 1.82) is 0 Å². The van der Waals surface area contributed by atoms with Crippen LogP contribution < -0.4 is 0 Å². The van der Waals surface area contributed by atoms with Crippen molar-refractivity contribution in [3.63, 3.8) is 0 Å². The second-order valence-electron chi connectivity index (χ2n) is 10.5. The highest BCUT2D eigenvalue weighted by Crippen LogP contribution is 2.52. The summed E-state index contributed by atoms with van der Waals surface area (Å²) in [7, 11) is 12.0. The summed E-state index contributed by atoms with van der Waals surface area (Å²) in [6, 6.07) is 35.5. The Hall–Kier alpha value is -3.69. The molecule has 0 unspecified atom stereocenters. The molecular formula is C33H27B2NOS. The monoisotopic (exact) mass is 507 g/mol. The fraction of sp³-hybridized carbons (Fsp3) is 0.121. The Labute approximate surface area is 228 Å². The minimum atomic E-state index is -1.27. The highest BCUT2D eigenvalue weighted by Gasteiger charge is 2.30. The largest absolute Gasteiger partial charge is 0.455 e. The Balaban J connectivity index is 1.52. The lowest BCUT2D eigenvalue weighted by Gasteiger charge is -2.45.